The summed E-state index contributed by atoms with van der Waals surface area (Å²) in [5, 5.41) is -0.247. The second-order valence-electron chi connectivity index (χ2n) is 6.16. The lowest BCUT2D eigenvalue weighted by atomic mass is 10.2. The molecule has 0 saturated carbocycles. The number of methoxy groups -OCH3 is 4. The minimum atomic E-state index is -0.247. The van der Waals surface area contributed by atoms with Crippen LogP contribution in [0.4, 0.5) is 0 Å². The largest absolute Gasteiger partial charge is 0.493 e. The molecule has 7 heteroatoms. The molecule has 0 N–H and O–H groups in total. The number of carbonyl (C=O) groups is 1. The zero-order valence-electron chi connectivity index (χ0n) is 17.1. The van der Waals surface area contributed by atoms with E-state index in [0.717, 1.165) is 10.5 Å². The Kier molecular flexibility index (Phi) is 7.87. The first-order chi connectivity index (χ1) is 13.4. The van der Waals surface area contributed by atoms with Crippen molar-refractivity contribution >= 4 is 17.7 Å². The second kappa shape index (κ2) is 10.1. The van der Waals surface area contributed by atoms with Crippen molar-refractivity contribution in [1.82, 2.24) is 4.90 Å². The zero-order valence-corrected chi connectivity index (χ0v) is 18.0. The van der Waals surface area contributed by atoms with Gasteiger partial charge in [-0.1, -0.05) is 6.07 Å². The predicted molar refractivity (Wildman–Crippen MR) is 111 cm³/mol. The summed E-state index contributed by atoms with van der Waals surface area (Å²) in [6.45, 7) is 2.38. The highest BCUT2D eigenvalue weighted by Gasteiger charge is 2.20. The molecule has 0 saturated heterocycles. The Morgan fingerprint density at radius 2 is 1.43 bits per heavy atom. The maximum Gasteiger partial charge on any atom is 0.235 e. The molecule has 0 spiro atoms. The van der Waals surface area contributed by atoms with Gasteiger partial charge in [-0.25, -0.2) is 0 Å². The fourth-order valence-electron chi connectivity index (χ4n) is 2.79. The standard InChI is InChI=1S/C21H27NO5S/c1-14(28-16-8-10-18(25-4)20(12-16)27-6)21(23)22(2)13-15-7-9-17(24-3)19(11-15)26-5/h7-12,14H,13H2,1-6H3/t14-/m0/s1. The molecule has 28 heavy (non-hydrogen) atoms. The van der Waals surface area contributed by atoms with Crippen molar-refractivity contribution in [2.24, 2.45) is 0 Å². The molecule has 2 aromatic rings. The Balaban J connectivity index is 2.04. The van der Waals surface area contributed by atoms with Crippen LogP contribution in [-0.2, 0) is 11.3 Å². The number of rotatable bonds is 9. The Hall–Kier alpha value is -2.54. The number of carbonyl (C=O) groups excluding carboxylic acids is 1. The lowest BCUT2D eigenvalue weighted by Crippen LogP contribution is -2.32. The van der Waals surface area contributed by atoms with E-state index in [1.54, 1.807) is 40.4 Å². The van der Waals surface area contributed by atoms with E-state index in [9.17, 15) is 4.79 Å². The molecule has 6 nitrogen and oxygen atoms in total. The van der Waals surface area contributed by atoms with E-state index in [0.29, 0.717) is 29.5 Å². The minimum absolute atomic E-state index is 0.0366. The Bertz CT molecular complexity index is 746. The van der Waals surface area contributed by atoms with E-state index < -0.39 is 0 Å². The van der Waals surface area contributed by atoms with Gasteiger partial charge in [-0.05, 0) is 42.8 Å². The highest BCUT2D eigenvalue weighted by Crippen LogP contribution is 2.34. The molecule has 0 fully saturated rings. The molecule has 0 bridgehead atoms. The highest BCUT2D eigenvalue weighted by molar-refractivity contribution is 8.00. The number of amides is 1. The number of ether oxygens (including phenoxy) is 4. The van der Waals surface area contributed by atoms with Crippen molar-refractivity contribution in [2.45, 2.75) is 23.6 Å². The normalized spacial score (nSPS) is 11.5. The summed E-state index contributed by atoms with van der Waals surface area (Å²) in [5.41, 5.74) is 0.969. The van der Waals surface area contributed by atoms with Gasteiger partial charge in [0.25, 0.3) is 0 Å². The van der Waals surface area contributed by atoms with Crippen LogP contribution in [0.1, 0.15) is 12.5 Å². The van der Waals surface area contributed by atoms with E-state index in [1.165, 1.54) is 11.8 Å². The molecule has 1 atom stereocenters. The molecule has 0 aromatic heterocycles. The molecule has 0 aliphatic heterocycles. The monoisotopic (exact) mass is 405 g/mol. The topological polar surface area (TPSA) is 57.2 Å². The van der Waals surface area contributed by atoms with E-state index in [2.05, 4.69) is 0 Å². The minimum Gasteiger partial charge on any atom is -0.493 e. The molecule has 152 valence electrons. The third-order valence-electron chi connectivity index (χ3n) is 4.26. The van der Waals surface area contributed by atoms with Crippen LogP contribution < -0.4 is 18.9 Å². The van der Waals surface area contributed by atoms with Gasteiger partial charge in [0, 0.05) is 18.5 Å². The van der Waals surface area contributed by atoms with Crippen molar-refractivity contribution in [3.63, 3.8) is 0 Å². The van der Waals surface area contributed by atoms with Gasteiger partial charge in [-0.15, -0.1) is 11.8 Å². The Morgan fingerprint density at radius 3 is 2.00 bits per heavy atom. The molecular weight excluding hydrogens is 378 g/mol. The number of thioether (sulfide) groups is 1. The van der Waals surface area contributed by atoms with Crippen LogP contribution in [0.25, 0.3) is 0 Å². The first-order valence-corrected chi connectivity index (χ1v) is 9.66. The third-order valence-corrected chi connectivity index (χ3v) is 5.34. The summed E-state index contributed by atoms with van der Waals surface area (Å²) in [6.07, 6.45) is 0. The van der Waals surface area contributed by atoms with Gasteiger partial charge < -0.3 is 23.8 Å². The zero-order chi connectivity index (χ0) is 20.7. The quantitative estimate of drug-likeness (QED) is 0.591. The van der Waals surface area contributed by atoms with E-state index >= 15 is 0 Å². The Morgan fingerprint density at radius 1 is 0.893 bits per heavy atom. The first-order valence-electron chi connectivity index (χ1n) is 8.78. The fourth-order valence-corrected chi connectivity index (χ4v) is 3.80. The van der Waals surface area contributed by atoms with Crippen LogP contribution in [-0.4, -0.2) is 51.5 Å². The SMILES string of the molecule is COc1ccc(CN(C)C(=O)[C@H](C)Sc2ccc(OC)c(OC)c2)cc1OC. The van der Waals surface area contributed by atoms with Crippen molar-refractivity contribution in [3.8, 4) is 23.0 Å². The Labute approximate surface area is 170 Å². The van der Waals surface area contributed by atoms with Crippen LogP contribution in [0.5, 0.6) is 23.0 Å². The maximum absolute atomic E-state index is 12.8. The van der Waals surface area contributed by atoms with Gasteiger partial charge in [0.05, 0.1) is 33.7 Å². The average molecular weight is 406 g/mol. The van der Waals surface area contributed by atoms with Crippen LogP contribution in [0.3, 0.4) is 0 Å². The third kappa shape index (κ3) is 5.25. The number of hydrogen-bond acceptors (Lipinski definition) is 6. The van der Waals surface area contributed by atoms with Crippen molar-refractivity contribution < 1.29 is 23.7 Å². The van der Waals surface area contributed by atoms with Gasteiger partial charge in [0.15, 0.2) is 23.0 Å². The lowest BCUT2D eigenvalue weighted by Gasteiger charge is -2.22. The van der Waals surface area contributed by atoms with Crippen LogP contribution in [0.15, 0.2) is 41.3 Å². The summed E-state index contributed by atoms with van der Waals surface area (Å²) in [4.78, 5) is 15.5. The molecule has 0 aliphatic carbocycles. The number of benzene rings is 2. The van der Waals surface area contributed by atoms with Crippen LogP contribution in [0, 0.1) is 0 Å². The van der Waals surface area contributed by atoms with Gasteiger partial charge >= 0.3 is 0 Å². The molecular formula is C21H27NO5S. The molecule has 0 unspecified atom stereocenters. The van der Waals surface area contributed by atoms with E-state index in [1.807, 2.05) is 43.3 Å². The predicted octanol–water partition coefficient (Wildman–Crippen LogP) is 3.86. The van der Waals surface area contributed by atoms with Gasteiger partial charge in [0.2, 0.25) is 5.91 Å². The van der Waals surface area contributed by atoms with E-state index in [-0.39, 0.29) is 11.2 Å². The molecule has 0 heterocycles. The highest BCUT2D eigenvalue weighted by atomic mass is 32.2. The van der Waals surface area contributed by atoms with Crippen LogP contribution in [0.2, 0.25) is 0 Å². The van der Waals surface area contributed by atoms with Crippen molar-refractivity contribution in [2.75, 3.05) is 35.5 Å². The molecule has 1 amide bonds. The molecule has 2 rings (SSSR count). The average Bonchev–Trinajstić information content (AvgIpc) is 2.72. The lowest BCUT2D eigenvalue weighted by molar-refractivity contribution is -0.129. The summed E-state index contributed by atoms with van der Waals surface area (Å²) in [7, 11) is 8.18. The van der Waals surface area contributed by atoms with Gasteiger partial charge in [0.1, 0.15) is 0 Å². The van der Waals surface area contributed by atoms with E-state index in [4.69, 9.17) is 18.9 Å². The number of nitrogens with zero attached hydrogens (tertiary/aromatic N) is 1. The first kappa shape index (κ1) is 21.8. The van der Waals surface area contributed by atoms with Crippen molar-refractivity contribution in [3.05, 3.63) is 42.0 Å². The smallest absolute Gasteiger partial charge is 0.235 e. The summed E-state index contributed by atoms with van der Waals surface area (Å²) in [6, 6.07) is 11.3. The fraction of sp³-hybridized carbons (Fsp3) is 0.381. The molecule has 2 aromatic carbocycles. The van der Waals surface area contributed by atoms with Crippen molar-refractivity contribution in [1.29, 1.82) is 0 Å². The van der Waals surface area contributed by atoms with Crippen LogP contribution >= 0.6 is 11.8 Å². The second-order valence-corrected chi connectivity index (χ2v) is 7.57. The molecule has 0 aliphatic rings. The van der Waals surface area contributed by atoms with Gasteiger partial charge in [-0.3, -0.25) is 4.79 Å². The molecule has 0 radical (unpaired) electrons. The summed E-state index contributed by atoms with van der Waals surface area (Å²) in [5.74, 6) is 2.66. The summed E-state index contributed by atoms with van der Waals surface area (Å²) < 4.78 is 21.2. The van der Waals surface area contributed by atoms with Gasteiger partial charge in [-0.2, -0.15) is 0 Å². The number of hydrogen-bond donors (Lipinski definition) is 0. The summed E-state index contributed by atoms with van der Waals surface area (Å²) >= 11 is 1.48. The maximum atomic E-state index is 12.8.